The number of halogens is 1. The fraction of sp³-hybridized carbons (Fsp3) is 0.462. The molecule has 1 aliphatic rings. The Morgan fingerprint density at radius 2 is 1.94 bits per heavy atom. The van der Waals surface area contributed by atoms with Crippen LogP contribution in [-0.4, -0.2) is 19.4 Å². The van der Waals surface area contributed by atoms with E-state index in [1.165, 1.54) is 6.07 Å². The van der Waals surface area contributed by atoms with Crippen LogP contribution in [0.2, 0.25) is 0 Å². The molecule has 1 heterocycles. The molecular formula is C13H16FNO. The highest BCUT2D eigenvalue weighted by Crippen LogP contribution is 2.29. The molecule has 86 valence electrons. The van der Waals surface area contributed by atoms with Gasteiger partial charge in [-0.25, -0.2) is 4.39 Å². The highest BCUT2D eigenvalue weighted by molar-refractivity contribution is 5.76. The van der Waals surface area contributed by atoms with Crippen LogP contribution in [-0.2, 0) is 0 Å². The summed E-state index contributed by atoms with van der Waals surface area (Å²) >= 11 is 0. The molecule has 2 unspecified atom stereocenters. The lowest BCUT2D eigenvalue weighted by Crippen LogP contribution is -2.20. The molecule has 16 heavy (non-hydrogen) atoms. The summed E-state index contributed by atoms with van der Waals surface area (Å²) in [4.78, 5) is 12.6. The van der Waals surface area contributed by atoms with Crippen LogP contribution < -0.4 is 4.90 Å². The summed E-state index contributed by atoms with van der Waals surface area (Å²) in [6.45, 7) is 6.14. The predicted octanol–water partition coefficient (Wildman–Crippen LogP) is 2.73. The van der Waals surface area contributed by atoms with E-state index in [4.69, 9.17) is 0 Å². The average Bonchev–Trinajstić information content (AvgIpc) is 2.58. The molecule has 0 amide bonds. The topological polar surface area (TPSA) is 20.3 Å². The molecule has 3 heteroatoms. The largest absolute Gasteiger partial charge is 0.369 e. The third-order valence-electron chi connectivity index (χ3n) is 3.44. The van der Waals surface area contributed by atoms with E-state index in [0.717, 1.165) is 13.1 Å². The Bertz CT molecular complexity index is 395. The van der Waals surface area contributed by atoms with Gasteiger partial charge in [0.1, 0.15) is 12.1 Å². The SMILES string of the molecule is CC1CN(c2ccc(C=O)cc2F)CC1C. The van der Waals surface area contributed by atoms with E-state index >= 15 is 0 Å². The number of benzene rings is 1. The minimum Gasteiger partial charge on any atom is -0.369 e. The van der Waals surface area contributed by atoms with E-state index in [0.29, 0.717) is 29.4 Å². The Morgan fingerprint density at radius 1 is 1.31 bits per heavy atom. The van der Waals surface area contributed by atoms with Gasteiger partial charge in [0.05, 0.1) is 5.69 Å². The quantitative estimate of drug-likeness (QED) is 0.716. The summed E-state index contributed by atoms with van der Waals surface area (Å²) in [7, 11) is 0. The Kier molecular flexibility index (Phi) is 2.95. The van der Waals surface area contributed by atoms with Crippen molar-refractivity contribution in [2.24, 2.45) is 11.8 Å². The summed E-state index contributed by atoms with van der Waals surface area (Å²) in [5.41, 5.74) is 1.00. The van der Waals surface area contributed by atoms with Gasteiger partial charge in [-0.15, -0.1) is 0 Å². The molecule has 0 aliphatic carbocycles. The van der Waals surface area contributed by atoms with Crippen molar-refractivity contribution in [3.63, 3.8) is 0 Å². The van der Waals surface area contributed by atoms with E-state index < -0.39 is 0 Å². The molecule has 1 saturated heterocycles. The summed E-state index contributed by atoms with van der Waals surface area (Å²) in [6.07, 6.45) is 0.669. The molecule has 0 radical (unpaired) electrons. The normalized spacial score (nSPS) is 24.8. The predicted molar refractivity (Wildman–Crippen MR) is 62.3 cm³/mol. The first-order valence-corrected chi connectivity index (χ1v) is 5.61. The molecule has 2 rings (SSSR count). The van der Waals surface area contributed by atoms with Gasteiger partial charge in [0.25, 0.3) is 0 Å². The van der Waals surface area contributed by atoms with E-state index in [-0.39, 0.29) is 5.82 Å². The molecule has 1 aromatic carbocycles. The van der Waals surface area contributed by atoms with Gasteiger partial charge in [0.15, 0.2) is 0 Å². The van der Waals surface area contributed by atoms with Crippen molar-refractivity contribution >= 4 is 12.0 Å². The third kappa shape index (κ3) is 1.94. The first-order valence-electron chi connectivity index (χ1n) is 5.61. The van der Waals surface area contributed by atoms with Crippen molar-refractivity contribution in [3.05, 3.63) is 29.6 Å². The number of anilines is 1. The van der Waals surface area contributed by atoms with Crippen LogP contribution in [0.15, 0.2) is 18.2 Å². The molecule has 2 nitrogen and oxygen atoms in total. The second-order valence-corrected chi connectivity index (χ2v) is 4.69. The minimum atomic E-state index is -0.300. The van der Waals surface area contributed by atoms with Crippen LogP contribution in [0.4, 0.5) is 10.1 Å². The minimum absolute atomic E-state index is 0.300. The molecule has 0 aromatic heterocycles. The highest BCUT2D eigenvalue weighted by Gasteiger charge is 2.27. The summed E-state index contributed by atoms with van der Waals surface area (Å²) in [5.74, 6) is 0.876. The van der Waals surface area contributed by atoms with Crippen molar-refractivity contribution in [2.45, 2.75) is 13.8 Å². The Hall–Kier alpha value is -1.38. The standard InChI is InChI=1S/C13H16FNO/c1-9-6-15(7-10(9)2)13-4-3-11(8-16)5-12(13)14/h3-5,8-10H,6-7H2,1-2H3. The van der Waals surface area contributed by atoms with Crippen molar-refractivity contribution in [1.82, 2.24) is 0 Å². The van der Waals surface area contributed by atoms with Gasteiger partial charge < -0.3 is 4.90 Å². The third-order valence-corrected chi connectivity index (χ3v) is 3.44. The molecule has 0 bridgehead atoms. The van der Waals surface area contributed by atoms with Crippen LogP contribution >= 0.6 is 0 Å². The summed E-state index contributed by atoms with van der Waals surface area (Å²) in [6, 6.07) is 4.67. The first kappa shape index (κ1) is 11.1. The van der Waals surface area contributed by atoms with E-state index in [9.17, 15) is 9.18 Å². The van der Waals surface area contributed by atoms with Crippen molar-refractivity contribution in [1.29, 1.82) is 0 Å². The van der Waals surface area contributed by atoms with E-state index in [1.807, 2.05) is 0 Å². The van der Waals surface area contributed by atoms with Crippen LogP contribution in [0.25, 0.3) is 0 Å². The highest BCUT2D eigenvalue weighted by atomic mass is 19.1. The first-order chi connectivity index (χ1) is 7.61. The number of carbonyl (C=O) groups excluding carboxylic acids is 1. The Labute approximate surface area is 95.1 Å². The second kappa shape index (κ2) is 4.24. The van der Waals surface area contributed by atoms with Crippen molar-refractivity contribution in [3.8, 4) is 0 Å². The summed E-state index contributed by atoms with van der Waals surface area (Å²) < 4.78 is 13.7. The zero-order chi connectivity index (χ0) is 11.7. The molecule has 1 aliphatic heterocycles. The van der Waals surface area contributed by atoms with Crippen molar-refractivity contribution < 1.29 is 9.18 Å². The fourth-order valence-corrected chi connectivity index (χ4v) is 2.18. The Balaban J connectivity index is 2.25. The maximum atomic E-state index is 13.7. The molecular weight excluding hydrogens is 205 g/mol. The zero-order valence-electron chi connectivity index (χ0n) is 9.61. The molecule has 1 fully saturated rings. The van der Waals surface area contributed by atoms with Gasteiger partial charge in [-0.05, 0) is 30.0 Å². The second-order valence-electron chi connectivity index (χ2n) is 4.69. The lowest BCUT2D eigenvalue weighted by molar-refractivity contribution is 0.112. The van der Waals surface area contributed by atoms with Crippen LogP contribution in [0, 0.1) is 17.7 Å². The number of hydrogen-bond donors (Lipinski definition) is 0. The number of hydrogen-bond acceptors (Lipinski definition) is 2. The van der Waals surface area contributed by atoms with Crippen LogP contribution in [0.5, 0.6) is 0 Å². The Morgan fingerprint density at radius 3 is 2.44 bits per heavy atom. The van der Waals surface area contributed by atoms with Crippen LogP contribution in [0.3, 0.4) is 0 Å². The average molecular weight is 221 g/mol. The van der Waals surface area contributed by atoms with E-state index in [1.54, 1.807) is 12.1 Å². The fourth-order valence-electron chi connectivity index (χ4n) is 2.18. The van der Waals surface area contributed by atoms with Gasteiger partial charge >= 0.3 is 0 Å². The number of nitrogens with zero attached hydrogens (tertiary/aromatic N) is 1. The van der Waals surface area contributed by atoms with Gasteiger partial charge in [-0.2, -0.15) is 0 Å². The lowest BCUT2D eigenvalue weighted by Gasteiger charge is -2.19. The van der Waals surface area contributed by atoms with E-state index in [2.05, 4.69) is 18.7 Å². The van der Waals surface area contributed by atoms with Crippen LogP contribution in [0.1, 0.15) is 24.2 Å². The number of aldehydes is 1. The van der Waals surface area contributed by atoms with Gasteiger partial charge in [-0.1, -0.05) is 13.8 Å². The zero-order valence-corrected chi connectivity index (χ0v) is 9.61. The molecule has 0 saturated carbocycles. The lowest BCUT2D eigenvalue weighted by atomic mass is 10.0. The molecule has 0 N–H and O–H groups in total. The molecule has 2 atom stereocenters. The molecule has 0 spiro atoms. The smallest absolute Gasteiger partial charge is 0.150 e. The monoisotopic (exact) mass is 221 g/mol. The number of carbonyl (C=O) groups is 1. The number of rotatable bonds is 2. The summed E-state index contributed by atoms with van der Waals surface area (Å²) in [5, 5.41) is 0. The van der Waals surface area contributed by atoms with Gasteiger partial charge in [-0.3, -0.25) is 4.79 Å². The van der Waals surface area contributed by atoms with Crippen molar-refractivity contribution in [2.75, 3.05) is 18.0 Å². The maximum Gasteiger partial charge on any atom is 0.150 e. The molecule has 1 aromatic rings. The van der Waals surface area contributed by atoms with Gasteiger partial charge in [0, 0.05) is 18.7 Å². The van der Waals surface area contributed by atoms with Gasteiger partial charge in [0.2, 0.25) is 0 Å². The maximum absolute atomic E-state index is 13.7.